The highest BCUT2D eigenvalue weighted by atomic mass is 16.6. The number of nitrogens with zero attached hydrogens (tertiary/aromatic N) is 2. The second-order valence-electron chi connectivity index (χ2n) is 21.4. The van der Waals surface area contributed by atoms with Gasteiger partial charge in [-0.3, -0.25) is 4.99 Å². The van der Waals surface area contributed by atoms with Gasteiger partial charge < -0.3 is 46.6 Å². The van der Waals surface area contributed by atoms with Crippen molar-refractivity contribution in [1.82, 2.24) is 10.6 Å². The first-order chi connectivity index (χ1) is 28.8. The van der Waals surface area contributed by atoms with E-state index >= 15 is 0 Å². The summed E-state index contributed by atoms with van der Waals surface area (Å²) in [4.78, 5) is 9.37. The number of aryl methyl sites for hydroxylation is 1. The van der Waals surface area contributed by atoms with Gasteiger partial charge in [0.05, 0.1) is 48.6 Å². The zero-order valence-corrected chi connectivity index (χ0v) is 36.6. The predicted molar refractivity (Wildman–Crippen MR) is 237 cm³/mol. The lowest BCUT2D eigenvalue weighted by atomic mass is 9.46. The second kappa shape index (κ2) is 16.5. The third-order valence-corrected chi connectivity index (χ3v) is 17.7. The number of hydrogen-bond donors (Lipinski definition) is 7. The normalized spacial score (nSPS) is 42.0. The Morgan fingerprint density at radius 1 is 0.983 bits per heavy atom. The molecule has 2 heterocycles. The standard InChI is InChI=1S/C49H74N6O5/c1-46(35-12-11-32(22-35)42(54-44(50)52-3)55-45(51)53-36-7-4-6-31-9-10-34-28-59-29-40(34)38(31)23-36)27-39-33(16-21-56)25-48(43-47(2,60-43)18-15-41(39)46)19-13-30(24-48)14-20-49(58)17-5-8-37(57)26-49/h9-10,16,28-30,32,35-37,39,41-43,56-58H,4-8,11-15,17-27H2,1-3H3,(H3,50,52,54)(H3,51,53,55)/t30-,32-,35-,36-,37-,39+,41-,42+,43+,46+,47+,48-,49+/m0/s1. The van der Waals surface area contributed by atoms with Crippen LogP contribution < -0.4 is 22.1 Å². The SMILES string of the molecule is CN=C(N)N[C@H](NC(N)=N[C@H]1CCCc2ccc3cocc3c2C1)[C@H]1CC[C@H]([C@@]2(C)C[C@@H]3C(=CCO)C[C@@]4(CC[C@@H](CC[C@]5(O)CCC[C@H](O)C5)C4)[C@@H]4O[C@]4(C)CC[C@@H]32)C1. The molecule has 6 fully saturated rings. The number of benzene rings is 1. The Labute approximate surface area is 357 Å². The molecule has 0 amide bonds. The van der Waals surface area contributed by atoms with Crippen LogP contribution in [0, 0.1) is 40.4 Å². The van der Waals surface area contributed by atoms with Gasteiger partial charge in [-0.15, -0.1) is 0 Å². The molecule has 0 radical (unpaired) electrons. The van der Waals surface area contributed by atoms with Gasteiger partial charge in [0.25, 0.3) is 0 Å². The molecule has 1 aromatic heterocycles. The molecular weight excluding hydrogens is 753 g/mol. The molecule has 11 heteroatoms. The van der Waals surface area contributed by atoms with Gasteiger partial charge in [-0.1, -0.05) is 30.7 Å². The van der Waals surface area contributed by atoms with E-state index in [2.05, 4.69) is 47.7 Å². The fourth-order valence-electron chi connectivity index (χ4n) is 14.4. The molecule has 6 aliphatic carbocycles. The van der Waals surface area contributed by atoms with Crippen LogP contribution in [0.5, 0.6) is 0 Å². The molecule has 9 N–H and O–H groups in total. The number of aliphatic hydroxyl groups is 3. The lowest BCUT2D eigenvalue weighted by molar-refractivity contribution is -0.0702. The molecule has 1 spiro atoms. The summed E-state index contributed by atoms with van der Waals surface area (Å²) in [5.74, 6) is 3.34. The molecule has 1 aromatic carbocycles. The van der Waals surface area contributed by atoms with Crippen LogP contribution in [-0.4, -0.2) is 76.5 Å². The van der Waals surface area contributed by atoms with Crippen LogP contribution in [0.1, 0.15) is 141 Å². The minimum absolute atomic E-state index is 0.0826. The number of hydrogen-bond acceptors (Lipinski definition) is 7. The van der Waals surface area contributed by atoms with Crippen molar-refractivity contribution in [2.45, 2.75) is 178 Å². The number of nitrogens with two attached hydrogens (primary N) is 2. The Balaban J connectivity index is 0.875. The first kappa shape index (κ1) is 42.2. The maximum absolute atomic E-state index is 11.3. The average Bonchev–Trinajstić information content (AvgIpc) is 3.60. The first-order valence-corrected chi connectivity index (χ1v) is 23.8. The Morgan fingerprint density at radius 3 is 2.65 bits per heavy atom. The predicted octanol–water partition coefficient (Wildman–Crippen LogP) is 7.00. The summed E-state index contributed by atoms with van der Waals surface area (Å²) in [6.07, 6.45) is 25.5. The van der Waals surface area contributed by atoms with Crippen LogP contribution in [0.25, 0.3) is 10.8 Å². The van der Waals surface area contributed by atoms with Gasteiger partial charge >= 0.3 is 0 Å². The van der Waals surface area contributed by atoms with Crippen molar-refractivity contribution >= 4 is 22.7 Å². The van der Waals surface area contributed by atoms with Gasteiger partial charge in [0, 0.05) is 29.7 Å². The number of ether oxygens (including phenoxy) is 1. The van der Waals surface area contributed by atoms with E-state index in [9.17, 15) is 15.3 Å². The minimum Gasteiger partial charge on any atom is -0.471 e. The largest absolute Gasteiger partial charge is 0.471 e. The molecule has 7 aliphatic rings. The molecule has 13 atom stereocenters. The maximum Gasteiger partial charge on any atom is 0.190 e. The van der Waals surface area contributed by atoms with Crippen molar-refractivity contribution in [2.24, 2.45) is 61.9 Å². The zero-order valence-electron chi connectivity index (χ0n) is 36.6. The van der Waals surface area contributed by atoms with E-state index < -0.39 is 5.60 Å². The molecule has 2 aromatic rings. The van der Waals surface area contributed by atoms with E-state index in [1.807, 2.05) is 12.5 Å². The number of aliphatic hydroxyl groups excluding tert-OH is 2. The van der Waals surface area contributed by atoms with E-state index in [0.717, 1.165) is 115 Å². The van der Waals surface area contributed by atoms with Crippen molar-refractivity contribution < 1.29 is 24.5 Å². The Morgan fingerprint density at radius 2 is 1.83 bits per heavy atom. The number of nitrogens with one attached hydrogen (secondary N) is 2. The van der Waals surface area contributed by atoms with Crippen molar-refractivity contribution in [3.63, 3.8) is 0 Å². The number of fused-ring (bicyclic) bond motifs is 6. The van der Waals surface area contributed by atoms with E-state index in [0.29, 0.717) is 47.9 Å². The van der Waals surface area contributed by atoms with Crippen LogP contribution in [0.4, 0.5) is 0 Å². The summed E-state index contributed by atoms with van der Waals surface area (Å²) in [5.41, 5.74) is 16.8. The summed E-state index contributed by atoms with van der Waals surface area (Å²) in [7, 11) is 1.72. The second-order valence-corrected chi connectivity index (χ2v) is 21.4. The number of rotatable bonds is 9. The van der Waals surface area contributed by atoms with E-state index in [1.54, 1.807) is 7.05 Å². The van der Waals surface area contributed by atoms with Crippen molar-refractivity contribution in [3.05, 3.63) is 47.4 Å². The maximum atomic E-state index is 11.3. The van der Waals surface area contributed by atoms with E-state index in [4.69, 9.17) is 25.6 Å². The third-order valence-electron chi connectivity index (χ3n) is 17.7. The lowest BCUT2D eigenvalue weighted by Gasteiger charge is -2.59. The summed E-state index contributed by atoms with van der Waals surface area (Å²) in [6.45, 7) is 5.02. The third kappa shape index (κ3) is 8.14. The fourth-order valence-corrected chi connectivity index (χ4v) is 14.4. The molecule has 1 aliphatic heterocycles. The number of furan rings is 1. The molecule has 11 nitrogen and oxygen atoms in total. The van der Waals surface area contributed by atoms with Crippen molar-refractivity contribution in [3.8, 4) is 0 Å². The summed E-state index contributed by atoms with van der Waals surface area (Å²) < 4.78 is 12.4. The molecule has 9 rings (SSSR count). The molecule has 0 unspecified atom stereocenters. The molecule has 5 saturated carbocycles. The molecular formula is C49H74N6O5. The zero-order chi connectivity index (χ0) is 41.9. The Hall–Kier alpha value is -3.12. The van der Waals surface area contributed by atoms with E-state index in [-0.39, 0.29) is 47.5 Å². The van der Waals surface area contributed by atoms with Gasteiger partial charge in [-0.05, 0) is 175 Å². The highest BCUT2D eigenvalue weighted by Gasteiger charge is 2.67. The monoisotopic (exact) mass is 827 g/mol. The molecule has 60 heavy (non-hydrogen) atoms. The summed E-state index contributed by atoms with van der Waals surface area (Å²) >= 11 is 0. The smallest absolute Gasteiger partial charge is 0.190 e. The quantitative estimate of drug-likeness (QED) is 0.0349. The van der Waals surface area contributed by atoms with E-state index in [1.165, 1.54) is 34.9 Å². The molecule has 1 saturated heterocycles. The van der Waals surface area contributed by atoms with Crippen LogP contribution in [0.15, 0.2) is 50.7 Å². The Bertz CT molecular complexity index is 1960. The number of guanidine groups is 2. The first-order valence-electron chi connectivity index (χ1n) is 23.8. The van der Waals surface area contributed by atoms with Crippen LogP contribution in [-0.2, 0) is 17.6 Å². The van der Waals surface area contributed by atoms with Gasteiger partial charge in [0.2, 0.25) is 0 Å². The fraction of sp³-hybridized carbons (Fsp3) is 0.755. The van der Waals surface area contributed by atoms with Gasteiger partial charge in [-0.25, -0.2) is 4.99 Å². The topological polar surface area (TPSA) is 187 Å². The van der Waals surface area contributed by atoms with Crippen LogP contribution >= 0.6 is 0 Å². The summed E-state index contributed by atoms with van der Waals surface area (Å²) in [5, 5.41) is 41.5. The molecule has 0 bridgehead atoms. The highest BCUT2D eigenvalue weighted by molar-refractivity contribution is 5.86. The highest BCUT2D eigenvalue weighted by Crippen LogP contribution is 2.69. The lowest BCUT2D eigenvalue weighted by Crippen LogP contribution is -2.56. The number of allylic oxidation sites excluding steroid dienone is 1. The van der Waals surface area contributed by atoms with Crippen molar-refractivity contribution in [2.75, 3.05) is 13.7 Å². The Kier molecular flexibility index (Phi) is 11.6. The van der Waals surface area contributed by atoms with Crippen molar-refractivity contribution in [1.29, 1.82) is 0 Å². The van der Waals surface area contributed by atoms with Gasteiger partial charge in [0.15, 0.2) is 11.9 Å². The average molecular weight is 827 g/mol. The number of epoxide rings is 1. The van der Waals surface area contributed by atoms with Crippen LogP contribution in [0.3, 0.4) is 0 Å². The summed E-state index contributed by atoms with van der Waals surface area (Å²) in [6, 6.07) is 4.49. The minimum atomic E-state index is -0.722. The number of aliphatic imine (C=N–C) groups is 2. The van der Waals surface area contributed by atoms with Gasteiger partial charge in [0.1, 0.15) is 6.17 Å². The van der Waals surface area contributed by atoms with Gasteiger partial charge in [-0.2, -0.15) is 0 Å². The van der Waals surface area contributed by atoms with Crippen LogP contribution in [0.2, 0.25) is 0 Å². The molecule has 330 valence electrons.